The number of rotatable bonds is 7. The van der Waals surface area contributed by atoms with Crippen molar-refractivity contribution in [1.29, 1.82) is 0 Å². The highest BCUT2D eigenvalue weighted by Crippen LogP contribution is 2.13. The fourth-order valence-corrected chi connectivity index (χ4v) is 2.61. The topological polar surface area (TPSA) is 20.3 Å². The van der Waals surface area contributed by atoms with Crippen LogP contribution in [0, 0.1) is 6.92 Å². The molecule has 106 valence electrons. The Hall–Kier alpha value is -1.02. The number of hydrogen-bond donors (Lipinski definition) is 0. The van der Waals surface area contributed by atoms with Gasteiger partial charge in [0, 0.05) is 18.5 Å². The number of alkyl halides is 1. The summed E-state index contributed by atoms with van der Waals surface area (Å²) in [5, 5.41) is 0. The normalized spacial score (nSPS) is 10.8. The Labute approximate surface area is 121 Å². The standard InChI is InChI=1S/C16H24ClNO/c1-4-15(5-2)18(10-9-17)16(19)12-14-8-6-7-13(3)11-14/h6-8,11,15H,4-5,9-10,12H2,1-3H3. The SMILES string of the molecule is CCC(CC)N(CCCl)C(=O)Cc1cccc(C)c1. The first-order valence-corrected chi connectivity index (χ1v) is 7.56. The Kier molecular flexibility index (Phi) is 6.93. The van der Waals surface area contributed by atoms with Crippen LogP contribution in [0.4, 0.5) is 0 Å². The lowest BCUT2D eigenvalue weighted by Crippen LogP contribution is -2.41. The van der Waals surface area contributed by atoms with Gasteiger partial charge in [-0.2, -0.15) is 0 Å². The van der Waals surface area contributed by atoms with Crippen molar-refractivity contribution in [1.82, 2.24) is 4.90 Å². The van der Waals surface area contributed by atoms with Crippen molar-refractivity contribution < 1.29 is 4.79 Å². The number of halogens is 1. The molecule has 0 bridgehead atoms. The van der Waals surface area contributed by atoms with E-state index in [9.17, 15) is 4.79 Å². The molecule has 0 saturated carbocycles. The van der Waals surface area contributed by atoms with Gasteiger partial charge in [-0.05, 0) is 25.3 Å². The second kappa shape index (κ2) is 8.21. The van der Waals surface area contributed by atoms with Gasteiger partial charge in [0.15, 0.2) is 0 Å². The van der Waals surface area contributed by atoms with Crippen molar-refractivity contribution in [3.63, 3.8) is 0 Å². The number of benzene rings is 1. The monoisotopic (exact) mass is 281 g/mol. The third-order valence-electron chi connectivity index (χ3n) is 3.47. The molecular formula is C16H24ClNO. The fourth-order valence-electron chi connectivity index (χ4n) is 2.43. The molecule has 0 aliphatic heterocycles. The summed E-state index contributed by atoms with van der Waals surface area (Å²) in [7, 11) is 0. The van der Waals surface area contributed by atoms with E-state index in [-0.39, 0.29) is 5.91 Å². The largest absolute Gasteiger partial charge is 0.338 e. The van der Waals surface area contributed by atoms with Crippen molar-refractivity contribution in [2.45, 2.75) is 46.1 Å². The maximum Gasteiger partial charge on any atom is 0.227 e. The number of carbonyl (C=O) groups is 1. The minimum Gasteiger partial charge on any atom is -0.338 e. The molecule has 0 unspecified atom stereocenters. The molecule has 0 N–H and O–H groups in total. The predicted molar refractivity (Wildman–Crippen MR) is 81.7 cm³/mol. The summed E-state index contributed by atoms with van der Waals surface area (Å²) in [6.07, 6.45) is 2.43. The molecule has 1 aromatic rings. The maximum atomic E-state index is 12.4. The molecule has 0 aliphatic rings. The molecule has 0 heterocycles. The highest BCUT2D eigenvalue weighted by Gasteiger charge is 2.20. The van der Waals surface area contributed by atoms with Crippen molar-refractivity contribution in [2.75, 3.05) is 12.4 Å². The van der Waals surface area contributed by atoms with Gasteiger partial charge in [-0.15, -0.1) is 11.6 Å². The van der Waals surface area contributed by atoms with Crippen molar-refractivity contribution >= 4 is 17.5 Å². The van der Waals surface area contributed by atoms with Crippen LogP contribution in [0.5, 0.6) is 0 Å². The van der Waals surface area contributed by atoms with Gasteiger partial charge in [0.25, 0.3) is 0 Å². The molecular weight excluding hydrogens is 258 g/mol. The van der Waals surface area contributed by atoms with Crippen LogP contribution in [0.25, 0.3) is 0 Å². The molecule has 0 aliphatic carbocycles. The van der Waals surface area contributed by atoms with Crippen LogP contribution < -0.4 is 0 Å². The molecule has 19 heavy (non-hydrogen) atoms. The summed E-state index contributed by atoms with van der Waals surface area (Å²) in [6, 6.07) is 8.43. The molecule has 1 rings (SSSR count). The average Bonchev–Trinajstić information content (AvgIpc) is 2.39. The molecule has 3 heteroatoms. The van der Waals surface area contributed by atoms with Crippen molar-refractivity contribution in [3.05, 3.63) is 35.4 Å². The van der Waals surface area contributed by atoms with E-state index < -0.39 is 0 Å². The van der Waals surface area contributed by atoms with Crippen LogP contribution in [0.2, 0.25) is 0 Å². The van der Waals surface area contributed by atoms with Gasteiger partial charge in [-0.3, -0.25) is 4.79 Å². The molecule has 0 aromatic heterocycles. The summed E-state index contributed by atoms with van der Waals surface area (Å²) in [6.45, 7) is 6.93. The summed E-state index contributed by atoms with van der Waals surface area (Å²) >= 11 is 5.83. The first-order valence-electron chi connectivity index (χ1n) is 7.03. The molecule has 0 fully saturated rings. The second-order valence-corrected chi connectivity index (χ2v) is 5.29. The molecule has 1 aromatic carbocycles. The van der Waals surface area contributed by atoms with Crippen LogP contribution in [-0.4, -0.2) is 29.3 Å². The fraction of sp³-hybridized carbons (Fsp3) is 0.562. The van der Waals surface area contributed by atoms with E-state index in [1.165, 1.54) is 5.56 Å². The minimum atomic E-state index is 0.181. The highest BCUT2D eigenvalue weighted by molar-refractivity contribution is 6.18. The number of aryl methyl sites for hydroxylation is 1. The van der Waals surface area contributed by atoms with E-state index in [1.807, 2.05) is 30.0 Å². The van der Waals surface area contributed by atoms with Crippen molar-refractivity contribution in [2.24, 2.45) is 0 Å². The molecule has 2 nitrogen and oxygen atoms in total. The lowest BCUT2D eigenvalue weighted by Gasteiger charge is -2.30. The summed E-state index contributed by atoms with van der Waals surface area (Å²) < 4.78 is 0. The zero-order chi connectivity index (χ0) is 14.3. The highest BCUT2D eigenvalue weighted by atomic mass is 35.5. The van der Waals surface area contributed by atoms with Crippen LogP contribution in [0.1, 0.15) is 37.8 Å². The molecule has 1 amide bonds. The van der Waals surface area contributed by atoms with Gasteiger partial charge < -0.3 is 4.90 Å². The molecule has 0 atom stereocenters. The van der Waals surface area contributed by atoms with E-state index in [2.05, 4.69) is 19.9 Å². The van der Waals surface area contributed by atoms with Crippen LogP contribution in [0.15, 0.2) is 24.3 Å². The Morgan fingerprint density at radius 2 is 2.00 bits per heavy atom. The smallest absolute Gasteiger partial charge is 0.227 e. The minimum absolute atomic E-state index is 0.181. The Morgan fingerprint density at radius 1 is 1.32 bits per heavy atom. The first kappa shape index (κ1) is 16.0. The zero-order valence-corrected chi connectivity index (χ0v) is 12.9. The van der Waals surface area contributed by atoms with Gasteiger partial charge in [0.05, 0.1) is 6.42 Å². The Bertz CT molecular complexity index is 401. The maximum absolute atomic E-state index is 12.4. The quantitative estimate of drug-likeness (QED) is 0.696. The number of nitrogens with zero attached hydrogens (tertiary/aromatic N) is 1. The zero-order valence-electron chi connectivity index (χ0n) is 12.2. The average molecular weight is 282 g/mol. The van der Waals surface area contributed by atoms with Gasteiger partial charge in [0.1, 0.15) is 0 Å². The van der Waals surface area contributed by atoms with E-state index in [0.717, 1.165) is 18.4 Å². The summed E-state index contributed by atoms with van der Waals surface area (Å²) in [5.41, 5.74) is 2.27. The van der Waals surface area contributed by atoms with Gasteiger partial charge >= 0.3 is 0 Å². The summed E-state index contributed by atoms with van der Waals surface area (Å²) in [4.78, 5) is 14.4. The number of hydrogen-bond acceptors (Lipinski definition) is 1. The third kappa shape index (κ3) is 4.87. The van der Waals surface area contributed by atoms with E-state index in [1.54, 1.807) is 0 Å². The molecule has 0 spiro atoms. The van der Waals surface area contributed by atoms with Gasteiger partial charge in [-0.1, -0.05) is 43.7 Å². The van der Waals surface area contributed by atoms with Crippen LogP contribution in [-0.2, 0) is 11.2 Å². The van der Waals surface area contributed by atoms with Crippen LogP contribution >= 0.6 is 11.6 Å². The van der Waals surface area contributed by atoms with Gasteiger partial charge in [-0.25, -0.2) is 0 Å². The molecule has 0 saturated heterocycles. The van der Waals surface area contributed by atoms with Crippen LogP contribution in [0.3, 0.4) is 0 Å². The predicted octanol–water partition coefficient (Wildman–Crippen LogP) is 3.79. The van der Waals surface area contributed by atoms with E-state index in [0.29, 0.717) is 24.9 Å². The Morgan fingerprint density at radius 3 is 2.53 bits per heavy atom. The van der Waals surface area contributed by atoms with E-state index >= 15 is 0 Å². The first-order chi connectivity index (χ1) is 9.12. The Balaban J connectivity index is 2.76. The molecule has 0 radical (unpaired) electrons. The number of carbonyl (C=O) groups excluding carboxylic acids is 1. The lowest BCUT2D eigenvalue weighted by molar-refractivity contribution is -0.132. The second-order valence-electron chi connectivity index (χ2n) is 4.91. The summed E-state index contributed by atoms with van der Waals surface area (Å²) in [5.74, 6) is 0.677. The number of amides is 1. The lowest BCUT2D eigenvalue weighted by atomic mass is 10.1. The van der Waals surface area contributed by atoms with Gasteiger partial charge in [0.2, 0.25) is 5.91 Å². The third-order valence-corrected chi connectivity index (χ3v) is 3.64. The van der Waals surface area contributed by atoms with E-state index in [4.69, 9.17) is 11.6 Å². The van der Waals surface area contributed by atoms with Crippen molar-refractivity contribution in [3.8, 4) is 0 Å².